The SMILES string of the molecule is CCN(CC)Cc1ccc(CNCc2nc[nH]c2C)cc1. The van der Waals surface area contributed by atoms with Crippen molar-refractivity contribution in [1.29, 1.82) is 0 Å². The fourth-order valence-electron chi connectivity index (χ4n) is 2.36. The van der Waals surface area contributed by atoms with Crippen molar-refractivity contribution in [2.75, 3.05) is 13.1 Å². The summed E-state index contributed by atoms with van der Waals surface area (Å²) >= 11 is 0. The van der Waals surface area contributed by atoms with Crippen molar-refractivity contribution < 1.29 is 0 Å². The molecule has 114 valence electrons. The summed E-state index contributed by atoms with van der Waals surface area (Å²) in [6.45, 7) is 11.4. The molecule has 0 aliphatic carbocycles. The Kier molecular flexibility index (Phi) is 5.96. The standard InChI is InChI=1S/C17H26N4/c1-4-21(5-2)12-16-8-6-15(7-9-16)10-18-11-17-14(3)19-13-20-17/h6-9,13,18H,4-5,10-12H2,1-3H3,(H,19,20). The van der Waals surface area contributed by atoms with Gasteiger partial charge >= 0.3 is 0 Å². The minimum Gasteiger partial charge on any atom is -0.348 e. The molecule has 21 heavy (non-hydrogen) atoms. The largest absolute Gasteiger partial charge is 0.348 e. The average Bonchev–Trinajstić information content (AvgIpc) is 2.92. The van der Waals surface area contributed by atoms with E-state index in [-0.39, 0.29) is 0 Å². The number of imidazole rings is 1. The van der Waals surface area contributed by atoms with Gasteiger partial charge in [-0.1, -0.05) is 38.1 Å². The topological polar surface area (TPSA) is 44.0 Å². The first-order valence-electron chi connectivity index (χ1n) is 7.72. The van der Waals surface area contributed by atoms with E-state index in [1.807, 2.05) is 6.92 Å². The number of aromatic amines is 1. The molecule has 0 saturated carbocycles. The smallest absolute Gasteiger partial charge is 0.0925 e. The Morgan fingerprint density at radius 2 is 1.71 bits per heavy atom. The number of aromatic nitrogens is 2. The lowest BCUT2D eigenvalue weighted by Gasteiger charge is -2.18. The van der Waals surface area contributed by atoms with E-state index in [0.29, 0.717) is 0 Å². The zero-order valence-corrected chi connectivity index (χ0v) is 13.3. The zero-order valence-electron chi connectivity index (χ0n) is 13.3. The molecule has 2 N–H and O–H groups in total. The summed E-state index contributed by atoms with van der Waals surface area (Å²) in [6, 6.07) is 8.89. The van der Waals surface area contributed by atoms with E-state index in [2.05, 4.69) is 58.3 Å². The van der Waals surface area contributed by atoms with Gasteiger partial charge in [-0.2, -0.15) is 0 Å². The highest BCUT2D eigenvalue weighted by molar-refractivity contribution is 5.22. The molecule has 0 spiro atoms. The van der Waals surface area contributed by atoms with Gasteiger partial charge in [0.05, 0.1) is 12.0 Å². The van der Waals surface area contributed by atoms with Crippen LogP contribution in [0, 0.1) is 6.92 Å². The van der Waals surface area contributed by atoms with Crippen molar-refractivity contribution in [3.8, 4) is 0 Å². The molecule has 1 heterocycles. The first-order valence-corrected chi connectivity index (χ1v) is 7.72. The number of rotatable bonds is 8. The second-order valence-electron chi connectivity index (χ2n) is 5.36. The van der Waals surface area contributed by atoms with Crippen molar-refractivity contribution in [3.63, 3.8) is 0 Å². The third kappa shape index (κ3) is 4.69. The lowest BCUT2D eigenvalue weighted by atomic mass is 10.1. The van der Waals surface area contributed by atoms with Gasteiger partial charge in [-0.3, -0.25) is 4.90 Å². The summed E-state index contributed by atoms with van der Waals surface area (Å²) in [5, 5.41) is 3.43. The molecule has 0 aliphatic rings. The Morgan fingerprint density at radius 3 is 2.29 bits per heavy atom. The third-order valence-electron chi connectivity index (χ3n) is 3.88. The van der Waals surface area contributed by atoms with Gasteiger partial charge in [0, 0.05) is 25.3 Å². The van der Waals surface area contributed by atoms with Gasteiger partial charge in [0.1, 0.15) is 0 Å². The van der Waals surface area contributed by atoms with E-state index in [0.717, 1.165) is 44.1 Å². The minimum absolute atomic E-state index is 0.802. The summed E-state index contributed by atoms with van der Waals surface area (Å²) in [5.41, 5.74) is 4.92. The van der Waals surface area contributed by atoms with Crippen LogP contribution in [-0.4, -0.2) is 28.0 Å². The van der Waals surface area contributed by atoms with Crippen LogP contribution in [0.1, 0.15) is 36.4 Å². The summed E-state index contributed by atoms with van der Waals surface area (Å²) in [4.78, 5) is 9.81. The summed E-state index contributed by atoms with van der Waals surface area (Å²) < 4.78 is 0. The molecule has 0 fully saturated rings. The number of H-pyrrole nitrogens is 1. The molecule has 4 nitrogen and oxygen atoms in total. The average molecular weight is 286 g/mol. The molecule has 1 aromatic carbocycles. The summed E-state index contributed by atoms with van der Waals surface area (Å²) in [5.74, 6) is 0. The molecule has 0 unspecified atom stereocenters. The van der Waals surface area contributed by atoms with Gasteiger partial charge in [0.15, 0.2) is 0 Å². The lowest BCUT2D eigenvalue weighted by Crippen LogP contribution is -2.22. The molecule has 2 aromatic rings. The summed E-state index contributed by atoms with van der Waals surface area (Å²) in [6.07, 6.45) is 1.74. The molecule has 0 radical (unpaired) electrons. The maximum Gasteiger partial charge on any atom is 0.0925 e. The van der Waals surface area contributed by atoms with E-state index < -0.39 is 0 Å². The maximum atomic E-state index is 4.29. The Morgan fingerprint density at radius 1 is 1.05 bits per heavy atom. The maximum absolute atomic E-state index is 4.29. The molecular weight excluding hydrogens is 260 g/mol. The Hall–Kier alpha value is -1.65. The van der Waals surface area contributed by atoms with Gasteiger partial charge in [0.2, 0.25) is 0 Å². The van der Waals surface area contributed by atoms with Crippen LogP contribution in [0.3, 0.4) is 0 Å². The molecule has 1 aromatic heterocycles. The number of aryl methyl sites for hydroxylation is 1. The van der Waals surface area contributed by atoms with E-state index in [4.69, 9.17) is 0 Å². The quantitative estimate of drug-likeness (QED) is 0.784. The van der Waals surface area contributed by atoms with Gasteiger partial charge in [0.25, 0.3) is 0 Å². The number of nitrogens with zero attached hydrogens (tertiary/aromatic N) is 2. The molecule has 0 aliphatic heterocycles. The second kappa shape index (κ2) is 7.96. The zero-order chi connectivity index (χ0) is 15.1. The predicted molar refractivity (Wildman–Crippen MR) is 86.9 cm³/mol. The van der Waals surface area contributed by atoms with Crippen LogP contribution >= 0.6 is 0 Å². The molecule has 0 saturated heterocycles. The van der Waals surface area contributed by atoms with Crippen LogP contribution in [0.4, 0.5) is 0 Å². The lowest BCUT2D eigenvalue weighted by molar-refractivity contribution is 0.296. The molecular formula is C17H26N4. The third-order valence-corrected chi connectivity index (χ3v) is 3.88. The Labute approximate surface area is 127 Å². The first-order chi connectivity index (χ1) is 10.2. The van der Waals surface area contributed by atoms with Crippen LogP contribution in [0.5, 0.6) is 0 Å². The predicted octanol–water partition coefficient (Wildman–Crippen LogP) is 2.85. The number of hydrogen-bond acceptors (Lipinski definition) is 3. The Bertz CT molecular complexity index is 526. The number of nitrogens with one attached hydrogen (secondary N) is 2. The molecule has 4 heteroatoms. The normalized spacial score (nSPS) is 11.2. The van der Waals surface area contributed by atoms with Crippen LogP contribution in [0.15, 0.2) is 30.6 Å². The highest BCUT2D eigenvalue weighted by atomic mass is 15.1. The van der Waals surface area contributed by atoms with Crippen LogP contribution in [0.2, 0.25) is 0 Å². The summed E-state index contributed by atoms with van der Waals surface area (Å²) in [7, 11) is 0. The molecule has 2 rings (SSSR count). The van der Waals surface area contributed by atoms with E-state index >= 15 is 0 Å². The first kappa shape index (κ1) is 15.7. The fourth-order valence-corrected chi connectivity index (χ4v) is 2.36. The van der Waals surface area contributed by atoms with Crippen molar-refractivity contribution in [1.82, 2.24) is 20.2 Å². The van der Waals surface area contributed by atoms with Crippen molar-refractivity contribution in [3.05, 3.63) is 53.1 Å². The molecule has 0 atom stereocenters. The minimum atomic E-state index is 0.802. The van der Waals surface area contributed by atoms with Crippen molar-refractivity contribution >= 4 is 0 Å². The fraction of sp³-hybridized carbons (Fsp3) is 0.471. The van der Waals surface area contributed by atoms with Gasteiger partial charge < -0.3 is 10.3 Å². The van der Waals surface area contributed by atoms with Crippen LogP contribution in [-0.2, 0) is 19.6 Å². The van der Waals surface area contributed by atoms with E-state index in [1.54, 1.807) is 6.33 Å². The van der Waals surface area contributed by atoms with Gasteiger partial charge in [-0.25, -0.2) is 4.98 Å². The monoisotopic (exact) mass is 286 g/mol. The van der Waals surface area contributed by atoms with Gasteiger partial charge in [-0.15, -0.1) is 0 Å². The van der Waals surface area contributed by atoms with Crippen LogP contribution < -0.4 is 5.32 Å². The highest BCUT2D eigenvalue weighted by Gasteiger charge is 2.02. The number of hydrogen-bond donors (Lipinski definition) is 2. The number of benzene rings is 1. The highest BCUT2D eigenvalue weighted by Crippen LogP contribution is 2.08. The van der Waals surface area contributed by atoms with Crippen LogP contribution in [0.25, 0.3) is 0 Å². The van der Waals surface area contributed by atoms with E-state index in [1.165, 1.54) is 11.1 Å². The van der Waals surface area contributed by atoms with Gasteiger partial charge in [-0.05, 0) is 31.1 Å². The van der Waals surface area contributed by atoms with Crippen molar-refractivity contribution in [2.45, 2.75) is 40.4 Å². The molecule has 0 amide bonds. The Balaban J connectivity index is 1.81. The van der Waals surface area contributed by atoms with E-state index in [9.17, 15) is 0 Å². The molecule has 0 bridgehead atoms. The van der Waals surface area contributed by atoms with Crippen molar-refractivity contribution in [2.24, 2.45) is 0 Å². The second-order valence-corrected chi connectivity index (χ2v) is 5.36.